The van der Waals surface area contributed by atoms with Crippen molar-refractivity contribution in [3.63, 3.8) is 0 Å². The van der Waals surface area contributed by atoms with Crippen LogP contribution in [-0.2, 0) is 10.2 Å². The van der Waals surface area contributed by atoms with Crippen LogP contribution in [0.3, 0.4) is 0 Å². The first kappa shape index (κ1) is 23.3. The van der Waals surface area contributed by atoms with E-state index in [1.54, 1.807) is 0 Å². The average molecular weight is 402 g/mol. The predicted octanol–water partition coefficient (Wildman–Crippen LogP) is 5.92. The number of carbonyl (C=O) groups excluding carboxylic acids is 1. The van der Waals surface area contributed by atoms with Gasteiger partial charge in [0.2, 0.25) is 6.41 Å². The second-order valence-electron chi connectivity index (χ2n) is 9.48. The van der Waals surface area contributed by atoms with Gasteiger partial charge in [0.1, 0.15) is 11.5 Å². The fraction of sp³-hybridized carbons (Fsp3) is 0.640. The topological polar surface area (TPSA) is 69.6 Å². The van der Waals surface area contributed by atoms with Crippen LogP contribution >= 0.6 is 0 Å². The maximum Gasteiger partial charge on any atom is 0.207 e. The normalized spacial score (nSPS) is 22.3. The lowest BCUT2D eigenvalue weighted by Crippen LogP contribution is -2.36. The molecule has 4 heteroatoms. The number of aromatic hydroxyl groups is 2. The summed E-state index contributed by atoms with van der Waals surface area (Å²) in [5.41, 5.74) is 2.51. The van der Waals surface area contributed by atoms with Gasteiger partial charge in [0.15, 0.2) is 0 Å². The van der Waals surface area contributed by atoms with Gasteiger partial charge in [-0.1, -0.05) is 58.6 Å². The summed E-state index contributed by atoms with van der Waals surface area (Å²) in [6.45, 7) is 12.7. The Bertz CT molecular complexity index is 687. The molecule has 1 saturated carbocycles. The van der Waals surface area contributed by atoms with Crippen LogP contribution in [0.1, 0.15) is 96.1 Å². The summed E-state index contributed by atoms with van der Waals surface area (Å²) in [7, 11) is 0. The molecule has 0 aromatic heterocycles. The van der Waals surface area contributed by atoms with Crippen molar-refractivity contribution in [2.75, 3.05) is 0 Å². The number of hydrogen-bond donors (Lipinski definition) is 3. The van der Waals surface area contributed by atoms with Crippen LogP contribution in [0.2, 0.25) is 0 Å². The molecule has 2 rings (SSSR count). The standard InChI is InChI=1S/C25H39NO3/c1-6-7-8-9-12-25(4,5)18-13-22(28)24(23(29)14-18)21-15-19(26-16-27)10-11-20(21)17(2)3/h13-14,16,19-21,28-29H,2,6-12,15H2,1,3-5H3,(H,26,27)/t19-,20+,21-/m1/s1. The fourth-order valence-corrected chi connectivity index (χ4v) is 4.86. The van der Waals surface area contributed by atoms with E-state index in [0.717, 1.165) is 43.2 Å². The van der Waals surface area contributed by atoms with Gasteiger partial charge >= 0.3 is 0 Å². The summed E-state index contributed by atoms with van der Waals surface area (Å²) in [6, 6.07) is 3.73. The summed E-state index contributed by atoms with van der Waals surface area (Å²) < 4.78 is 0. The van der Waals surface area contributed by atoms with Gasteiger partial charge in [-0.2, -0.15) is 0 Å². The summed E-state index contributed by atoms with van der Waals surface area (Å²) >= 11 is 0. The molecule has 4 nitrogen and oxygen atoms in total. The fourth-order valence-electron chi connectivity index (χ4n) is 4.86. The molecule has 0 bridgehead atoms. The van der Waals surface area contributed by atoms with Crippen LogP contribution in [0, 0.1) is 5.92 Å². The first-order chi connectivity index (χ1) is 13.7. The van der Waals surface area contributed by atoms with Crippen LogP contribution < -0.4 is 5.32 Å². The van der Waals surface area contributed by atoms with Crippen LogP contribution in [0.5, 0.6) is 11.5 Å². The maximum absolute atomic E-state index is 10.9. The highest BCUT2D eigenvalue weighted by Crippen LogP contribution is 2.48. The highest BCUT2D eigenvalue weighted by molar-refractivity contribution is 5.52. The van der Waals surface area contributed by atoms with Crippen molar-refractivity contribution in [1.29, 1.82) is 0 Å². The van der Waals surface area contributed by atoms with Gasteiger partial charge in [0.05, 0.1) is 0 Å². The first-order valence-electron chi connectivity index (χ1n) is 11.1. The maximum atomic E-state index is 10.9. The lowest BCUT2D eigenvalue weighted by atomic mass is 9.70. The summed E-state index contributed by atoms with van der Waals surface area (Å²) in [4.78, 5) is 10.9. The Morgan fingerprint density at radius 2 is 1.86 bits per heavy atom. The highest BCUT2D eigenvalue weighted by Gasteiger charge is 2.36. The van der Waals surface area contributed by atoms with E-state index in [9.17, 15) is 15.0 Å². The molecular formula is C25H39NO3. The van der Waals surface area contributed by atoms with Crippen molar-refractivity contribution in [1.82, 2.24) is 5.32 Å². The number of unbranched alkanes of at least 4 members (excludes halogenated alkanes) is 3. The molecule has 1 amide bonds. The molecule has 1 aromatic carbocycles. The predicted molar refractivity (Wildman–Crippen MR) is 119 cm³/mol. The van der Waals surface area contributed by atoms with E-state index in [2.05, 4.69) is 32.7 Å². The number of benzene rings is 1. The Labute approximate surface area is 176 Å². The van der Waals surface area contributed by atoms with E-state index in [1.165, 1.54) is 19.3 Å². The van der Waals surface area contributed by atoms with E-state index in [4.69, 9.17) is 0 Å². The Kier molecular flexibility index (Phi) is 8.18. The number of rotatable bonds is 10. The quantitative estimate of drug-likeness (QED) is 0.259. The molecule has 1 aliphatic rings. The van der Waals surface area contributed by atoms with Crippen LogP contribution in [0.4, 0.5) is 0 Å². The van der Waals surface area contributed by atoms with Gasteiger partial charge in [-0.15, -0.1) is 0 Å². The number of carbonyl (C=O) groups is 1. The SMILES string of the molecule is C=C(C)[C@@H]1CC[C@@H](NC=O)C[C@H]1c1c(O)cc(C(C)(C)CCCCCC)cc1O. The zero-order valence-corrected chi connectivity index (χ0v) is 18.6. The minimum atomic E-state index is -0.108. The van der Waals surface area contributed by atoms with E-state index in [0.29, 0.717) is 12.0 Å². The molecule has 0 heterocycles. The largest absolute Gasteiger partial charge is 0.508 e. The number of phenolic OH excluding ortho intramolecular Hbond substituents is 2. The molecule has 0 radical (unpaired) electrons. The molecule has 3 N–H and O–H groups in total. The van der Waals surface area contributed by atoms with Crippen molar-refractivity contribution in [2.24, 2.45) is 5.92 Å². The monoisotopic (exact) mass is 401 g/mol. The van der Waals surface area contributed by atoms with Gasteiger partial charge in [-0.3, -0.25) is 4.79 Å². The Morgan fingerprint density at radius 1 is 1.21 bits per heavy atom. The van der Waals surface area contributed by atoms with Crippen molar-refractivity contribution in [2.45, 2.75) is 96.4 Å². The molecule has 1 aromatic rings. The van der Waals surface area contributed by atoms with E-state index < -0.39 is 0 Å². The van der Waals surface area contributed by atoms with Crippen LogP contribution in [-0.4, -0.2) is 22.7 Å². The highest BCUT2D eigenvalue weighted by atomic mass is 16.3. The Morgan fingerprint density at radius 3 is 2.41 bits per heavy atom. The molecule has 0 saturated heterocycles. The molecule has 1 fully saturated rings. The van der Waals surface area contributed by atoms with Crippen molar-refractivity contribution in [3.05, 3.63) is 35.4 Å². The van der Waals surface area contributed by atoms with Gasteiger partial charge < -0.3 is 15.5 Å². The first-order valence-corrected chi connectivity index (χ1v) is 11.1. The minimum Gasteiger partial charge on any atom is -0.508 e. The van der Waals surface area contributed by atoms with E-state index in [-0.39, 0.29) is 34.8 Å². The zero-order valence-electron chi connectivity index (χ0n) is 18.6. The number of nitrogens with one attached hydrogen (secondary N) is 1. The van der Waals surface area contributed by atoms with Gasteiger partial charge in [0, 0.05) is 11.6 Å². The molecule has 29 heavy (non-hydrogen) atoms. The average Bonchev–Trinajstić information content (AvgIpc) is 2.65. The number of hydrogen-bond acceptors (Lipinski definition) is 3. The lowest BCUT2D eigenvalue weighted by molar-refractivity contribution is -0.110. The summed E-state index contributed by atoms with van der Waals surface area (Å²) in [5, 5.41) is 24.7. The third-order valence-electron chi connectivity index (χ3n) is 6.73. The molecule has 0 aliphatic heterocycles. The number of allylic oxidation sites excluding steroid dienone is 1. The van der Waals surface area contributed by atoms with Gasteiger partial charge in [-0.25, -0.2) is 0 Å². The summed E-state index contributed by atoms with van der Waals surface area (Å²) in [6.07, 6.45) is 9.03. The molecule has 0 unspecified atom stereocenters. The van der Waals surface area contributed by atoms with E-state index in [1.807, 2.05) is 19.1 Å². The molecular weight excluding hydrogens is 362 g/mol. The van der Waals surface area contributed by atoms with Crippen molar-refractivity contribution in [3.8, 4) is 11.5 Å². The Balaban J connectivity index is 2.30. The van der Waals surface area contributed by atoms with Gasteiger partial charge in [-0.05, 0) is 67.6 Å². The third-order valence-corrected chi connectivity index (χ3v) is 6.73. The molecule has 1 aliphatic carbocycles. The second-order valence-corrected chi connectivity index (χ2v) is 9.48. The van der Waals surface area contributed by atoms with Crippen molar-refractivity contribution >= 4 is 6.41 Å². The van der Waals surface area contributed by atoms with Crippen LogP contribution in [0.25, 0.3) is 0 Å². The smallest absolute Gasteiger partial charge is 0.207 e. The number of phenols is 2. The van der Waals surface area contributed by atoms with Crippen molar-refractivity contribution < 1.29 is 15.0 Å². The Hall–Kier alpha value is -1.97. The summed E-state index contributed by atoms with van der Waals surface area (Å²) in [5.74, 6) is 0.444. The molecule has 162 valence electrons. The third kappa shape index (κ3) is 5.77. The second kappa shape index (κ2) is 10.2. The minimum absolute atomic E-state index is 0.0552. The van der Waals surface area contributed by atoms with Crippen LogP contribution in [0.15, 0.2) is 24.3 Å². The lowest BCUT2D eigenvalue weighted by Gasteiger charge is -2.37. The zero-order chi connectivity index (χ0) is 21.6. The molecule has 0 spiro atoms. The molecule has 3 atom stereocenters. The van der Waals surface area contributed by atoms with E-state index >= 15 is 0 Å². The van der Waals surface area contributed by atoms with Gasteiger partial charge in [0.25, 0.3) is 0 Å². The number of amides is 1.